The number of hydrogen-bond acceptors (Lipinski definition) is 5. The maximum atomic E-state index is 10.6. The normalized spacial score (nSPS) is 11.1. The fraction of sp³-hybridized carbons (Fsp3) is 0.100. The first kappa shape index (κ1) is 10.0. The van der Waals surface area contributed by atoms with Gasteiger partial charge in [0, 0.05) is 18.1 Å². The Morgan fingerprint density at radius 2 is 2.29 bits per heavy atom. The van der Waals surface area contributed by atoms with Crippen LogP contribution in [0.3, 0.4) is 0 Å². The van der Waals surface area contributed by atoms with Crippen LogP contribution in [-0.4, -0.2) is 25.6 Å². The van der Waals surface area contributed by atoms with Crippen molar-refractivity contribution in [1.82, 2.24) is 19.4 Å². The van der Waals surface area contributed by atoms with Crippen LogP contribution in [-0.2, 0) is 0 Å². The molecule has 0 saturated heterocycles. The third kappa shape index (κ3) is 1.51. The summed E-state index contributed by atoms with van der Waals surface area (Å²) in [4.78, 5) is 23.6. The molecule has 3 aromatic heterocycles. The number of nitrogens with one attached hydrogen (secondary N) is 1. The summed E-state index contributed by atoms with van der Waals surface area (Å²) in [6.45, 7) is 1.89. The molecule has 0 aromatic carbocycles. The average molecular weight is 247 g/mol. The Hall–Kier alpha value is -2.15. The number of carbonyl (C=O) groups excluding carboxylic acids is 1. The monoisotopic (exact) mass is 247 g/mol. The standard InChI is InChI=1S/C10H9N5OS/c1-5-8(14-9(11)12-5)7-3-15-2-6(4-16)17-10(15)13-7/h2-4H,1H3,(H3,11,12,14). The number of rotatable bonds is 2. The number of aldehydes is 1. The lowest BCUT2D eigenvalue weighted by molar-refractivity contribution is 0.112. The molecule has 7 heteroatoms. The van der Waals surface area contributed by atoms with E-state index in [4.69, 9.17) is 5.73 Å². The fourth-order valence-electron chi connectivity index (χ4n) is 1.71. The van der Waals surface area contributed by atoms with Crippen LogP contribution in [0, 0.1) is 6.92 Å². The van der Waals surface area contributed by atoms with Gasteiger partial charge >= 0.3 is 0 Å². The molecule has 3 heterocycles. The van der Waals surface area contributed by atoms with E-state index < -0.39 is 0 Å². The van der Waals surface area contributed by atoms with Gasteiger partial charge in [0.25, 0.3) is 0 Å². The smallest absolute Gasteiger partial charge is 0.198 e. The second-order valence-electron chi connectivity index (χ2n) is 3.66. The highest BCUT2D eigenvalue weighted by molar-refractivity contribution is 7.18. The number of imidazole rings is 2. The van der Waals surface area contributed by atoms with Gasteiger partial charge in [0.15, 0.2) is 17.2 Å². The summed E-state index contributed by atoms with van der Waals surface area (Å²) < 4.78 is 1.81. The van der Waals surface area contributed by atoms with E-state index >= 15 is 0 Å². The number of aromatic nitrogens is 4. The molecule has 0 saturated carbocycles. The van der Waals surface area contributed by atoms with Crippen molar-refractivity contribution in [2.45, 2.75) is 6.92 Å². The molecule has 0 bridgehead atoms. The van der Waals surface area contributed by atoms with E-state index in [-0.39, 0.29) is 0 Å². The van der Waals surface area contributed by atoms with Crippen molar-refractivity contribution < 1.29 is 4.79 Å². The lowest BCUT2D eigenvalue weighted by Crippen LogP contribution is -1.85. The van der Waals surface area contributed by atoms with E-state index in [1.54, 1.807) is 6.20 Å². The molecule has 3 aromatic rings. The minimum Gasteiger partial charge on any atom is -0.369 e. The molecule has 0 unspecified atom stereocenters. The Morgan fingerprint density at radius 3 is 2.88 bits per heavy atom. The van der Waals surface area contributed by atoms with Gasteiger partial charge in [0.05, 0.1) is 4.88 Å². The zero-order chi connectivity index (χ0) is 12.0. The number of thiazole rings is 1. The topological polar surface area (TPSA) is 89.1 Å². The van der Waals surface area contributed by atoms with Crippen molar-refractivity contribution in [1.29, 1.82) is 0 Å². The van der Waals surface area contributed by atoms with Crippen molar-refractivity contribution >= 4 is 28.5 Å². The van der Waals surface area contributed by atoms with E-state index in [2.05, 4.69) is 15.0 Å². The highest BCUT2D eigenvalue weighted by atomic mass is 32.1. The van der Waals surface area contributed by atoms with Gasteiger partial charge in [0.1, 0.15) is 11.4 Å². The molecule has 0 amide bonds. The number of nitrogens with zero attached hydrogens (tertiary/aromatic N) is 3. The number of carbonyl (C=O) groups is 1. The molecule has 0 aliphatic rings. The Morgan fingerprint density at radius 1 is 1.47 bits per heavy atom. The maximum absolute atomic E-state index is 10.6. The second kappa shape index (κ2) is 3.42. The van der Waals surface area contributed by atoms with Gasteiger partial charge in [-0.3, -0.25) is 9.20 Å². The zero-order valence-corrected chi connectivity index (χ0v) is 9.78. The quantitative estimate of drug-likeness (QED) is 0.671. The summed E-state index contributed by atoms with van der Waals surface area (Å²) in [7, 11) is 0. The van der Waals surface area contributed by atoms with Gasteiger partial charge in [0.2, 0.25) is 0 Å². The van der Waals surface area contributed by atoms with Crippen molar-refractivity contribution in [3.8, 4) is 11.4 Å². The van der Waals surface area contributed by atoms with E-state index in [0.717, 1.165) is 28.3 Å². The Kier molecular flexibility index (Phi) is 2.02. The summed E-state index contributed by atoms with van der Waals surface area (Å²) >= 11 is 1.34. The predicted octanol–water partition coefficient (Wildman–Crippen LogP) is 1.49. The number of fused-ring (bicyclic) bond motifs is 1. The lowest BCUT2D eigenvalue weighted by Gasteiger charge is -1.89. The van der Waals surface area contributed by atoms with Crippen molar-refractivity contribution in [3.05, 3.63) is 23.0 Å². The second-order valence-corrected chi connectivity index (χ2v) is 4.70. The van der Waals surface area contributed by atoms with Crippen LogP contribution in [0.5, 0.6) is 0 Å². The molecule has 0 aliphatic heterocycles. The SMILES string of the molecule is Cc1[nH]c(N)nc1-c1cn2cc(C=O)sc2n1. The van der Waals surface area contributed by atoms with Crippen LogP contribution < -0.4 is 5.73 Å². The maximum Gasteiger partial charge on any atom is 0.198 e. The Bertz CT molecular complexity index is 676. The molecule has 17 heavy (non-hydrogen) atoms. The number of anilines is 1. The minimum atomic E-state index is 0.377. The van der Waals surface area contributed by atoms with Gasteiger partial charge in [-0.15, -0.1) is 0 Å². The molecule has 0 fully saturated rings. The first-order chi connectivity index (χ1) is 8.17. The van der Waals surface area contributed by atoms with Crippen LogP contribution in [0.1, 0.15) is 15.4 Å². The fourth-order valence-corrected chi connectivity index (χ4v) is 2.49. The van der Waals surface area contributed by atoms with Gasteiger partial charge in [-0.25, -0.2) is 9.97 Å². The molecule has 0 atom stereocenters. The Balaban J connectivity index is 2.15. The summed E-state index contributed by atoms with van der Waals surface area (Å²) in [6, 6.07) is 0. The number of hydrogen-bond donors (Lipinski definition) is 2. The molecule has 3 N–H and O–H groups in total. The number of aryl methyl sites for hydroxylation is 1. The molecular formula is C10H9N5OS. The molecule has 86 valence electrons. The molecular weight excluding hydrogens is 238 g/mol. The minimum absolute atomic E-state index is 0.377. The molecule has 0 radical (unpaired) electrons. The summed E-state index contributed by atoms with van der Waals surface area (Å²) in [5.74, 6) is 0.377. The first-order valence-corrected chi connectivity index (χ1v) is 5.75. The van der Waals surface area contributed by atoms with Crippen LogP contribution in [0.2, 0.25) is 0 Å². The van der Waals surface area contributed by atoms with Gasteiger partial charge in [-0.1, -0.05) is 11.3 Å². The predicted molar refractivity (Wildman–Crippen MR) is 65.2 cm³/mol. The van der Waals surface area contributed by atoms with Crippen molar-refractivity contribution in [2.24, 2.45) is 0 Å². The zero-order valence-electron chi connectivity index (χ0n) is 8.97. The average Bonchev–Trinajstić information content (AvgIpc) is 2.89. The van der Waals surface area contributed by atoms with Crippen LogP contribution >= 0.6 is 11.3 Å². The van der Waals surface area contributed by atoms with Gasteiger partial charge in [-0.05, 0) is 6.92 Å². The van der Waals surface area contributed by atoms with Gasteiger partial charge in [-0.2, -0.15) is 0 Å². The van der Waals surface area contributed by atoms with E-state index in [9.17, 15) is 4.79 Å². The highest BCUT2D eigenvalue weighted by Gasteiger charge is 2.12. The van der Waals surface area contributed by atoms with Gasteiger partial charge < -0.3 is 10.7 Å². The summed E-state index contributed by atoms with van der Waals surface area (Å²) in [5.41, 5.74) is 7.96. The van der Waals surface area contributed by atoms with E-state index in [1.807, 2.05) is 17.5 Å². The summed E-state index contributed by atoms with van der Waals surface area (Å²) in [6.07, 6.45) is 4.40. The number of H-pyrrole nitrogens is 1. The van der Waals surface area contributed by atoms with Crippen molar-refractivity contribution in [3.63, 3.8) is 0 Å². The van der Waals surface area contributed by atoms with Crippen LogP contribution in [0.4, 0.5) is 5.95 Å². The highest BCUT2D eigenvalue weighted by Crippen LogP contribution is 2.24. The number of nitrogens with two attached hydrogens (primary N) is 1. The van der Waals surface area contributed by atoms with E-state index in [1.165, 1.54) is 11.3 Å². The third-order valence-electron chi connectivity index (χ3n) is 2.44. The number of nitrogen functional groups attached to an aromatic ring is 1. The molecule has 0 spiro atoms. The third-order valence-corrected chi connectivity index (χ3v) is 3.36. The lowest BCUT2D eigenvalue weighted by atomic mass is 10.3. The van der Waals surface area contributed by atoms with Crippen LogP contribution in [0.15, 0.2) is 12.4 Å². The van der Waals surface area contributed by atoms with Crippen molar-refractivity contribution in [2.75, 3.05) is 5.73 Å². The van der Waals surface area contributed by atoms with E-state index in [0.29, 0.717) is 10.8 Å². The summed E-state index contributed by atoms with van der Waals surface area (Å²) in [5, 5.41) is 0. The first-order valence-electron chi connectivity index (χ1n) is 4.93. The van der Waals surface area contributed by atoms with Crippen LogP contribution in [0.25, 0.3) is 16.3 Å². The largest absolute Gasteiger partial charge is 0.369 e. The Labute approximate surface area is 100 Å². The molecule has 0 aliphatic carbocycles. The number of aromatic amines is 1. The molecule has 3 rings (SSSR count). The molecule has 6 nitrogen and oxygen atoms in total.